The van der Waals surface area contributed by atoms with Crippen LogP contribution in [0.1, 0.15) is 18.3 Å². The molecule has 1 aliphatic rings. The molecule has 0 amide bonds. The number of ether oxygens (including phenoxy) is 1. The molecule has 1 aromatic rings. The molecule has 2 heterocycles. The fourth-order valence-corrected chi connectivity index (χ4v) is 1.43. The number of nitrogens with one attached hydrogen (secondary N) is 1. The fraction of sp³-hybridized carbons (Fsp3) is 0.714. The van der Waals surface area contributed by atoms with Crippen molar-refractivity contribution in [3.05, 3.63) is 12.2 Å². The number of hydrogen-bond acceptors (Lipinski definition) is 4. The van der Waals surface area contributed by atoms with Crippen LogP contribution in [-0.2, 0) is 4.74 Å². The van der Waals surface area contributed by atoms with E-state index in [4.69, 9.17) is 10.5 Å². The number of nitrogens with zero attached hydrogens (tertiary/aromatic N) is 2. The molecular formula is C7H12N4O. The molecule has 0 aliphatic carbocycles. The van der Waals surface area contributed by atoms with E-state index in [9.17, 15) is 0 Å². The molecule has 1 fully saturated rings. The van der Waals surface area contributed by atoms with Crippen molar-refractivity contribution < 1.29 is 4.74 Å². The van der Waals surface area contributed by atoms with E-state index in [0.29, 0.717) is 5.92 Å². The van der Waals surface area contributed by atoms with Gasteiger partial charge in [-0.25, -0.2) is 4.98 Å². The standard InChI is InChI=1S/C7H12N4O/c8-6(5-1-2-12-3-5)7-9-4-10-11-7/h4-6H,1-3,8H2,(H,9,10,11). The van der Waals surface area contributed by atoms with E-state index in [1.54, 1.807) is 0 Å². The summed E-state index contributed by atoms with van der Waals surface area (Å²) < 4.78 is 5.23. The van der Waals surface area contributed by atoms with E-state index in [1.807, 2.05) is 0 Å². The normalized spacial score (nSPS) is 25.9. The number of nitrogens with two attached hydrogens (primary N) is 1. The van der Waals surface area contributed by atoms with Gasteiger partial charge in [0, 0.05) is 12.5 Å². The summed E-state index contributed by atoms with van der Waals surface area (Å²) in [7, 11) is 0. The Labute approximate surface area is 70.3 Å². The molecule has 5 heteroatoms. The molecule has 0 radical (unpaired) electrons. The predicted octanol–water partition coefficient (Wildman–Crippen LogP) is -0.159. The van der Waals surface area contributed by atoms with Gasteiger partial charge in [0.05, 0.1) is 12.6 Å². The monoisotopic (exact) mass is 168 g/mol. The smallest absolute Gasteiger partial charge is 0.141 e. The van der Waals surface area contributed by atoms with Crippen LogP contribution in [-0.4, -0.2) is 28.4 Å². The van der Waals surface area contributed by atoms with Crippen LogP contribution in [0.25, 0.3) is 0 Å². The molecule has 12 heavy (non-hydrogen) atoms. The maximum absolute atomic E-state index is 5.93. The van der Waals surface area contributed by atoms with Crippen molar-refractivity contribution in [3.8, 4) is 0 Å². The highest BCUT2D eigenvalue weighted by Crippen LogP contribution is 2.23. The highest BCUT2D eigenvalue weighted by Gasteiger charge is 2.25. The average Bonchev–Trinajstić information content (AvgIpc) is 2.77. The van der Waals surface area contributed by atoms with E-state index in [0.717, 1.165) is 25.5 Å². The molecular weight excluding hydrogens is 156 g/mol. The summed E-state index contributed by atoms with van der Waals surface area (Å²) in [4.78, 5) is 4.01. The Kier molecular flexibility index (Phi) is 2.05. The maximum atomic E-state index is 5.93. The molecule has 1 aromatic heterocycles. The van der Waals surface area contributed by atoms with E-state index in [-0.39, 0.29) is 6.04 Å². The first-order chi connectivity index (χ1) is 5.88. The summed E-state index contributed by atoms with van der Waals surface area (Å²) in [6.45, 7) is 1.55. The largest absolute Gasteiger partial charge is 0.381 e. The molecule has 2 unspecified atom stereocenters. The highest BCUT2D eigenvalue weighted by molar-refractivity contribution is 4.94. The minimum Gasteiger partial charge on any atom is -0.381 e. The Morgan fingerprint density at radius 3 is 3.25 bits per heavy atom. The molecule has 66 valence electrons. The Balaban J connectivity index is 2.04. The topological polar surface area (TPSA) is 76.8 Å². The lowest BCUT2D eigenvalue weighted by molar-refractivity contribution is 0.180. The summed E-state index contributed by atoms with van der Waals surface area (Å²) in [5, 5.41) is 6.53. The van der Waals surface area contributed by atoms with E-state index in [1.165, 1.54) is 6.33 Å². The highest BCUT2D eigenvalue weighted by atomic mass is 16.5. The molecule has 1 saturated heterocycles. The van der Waals surface area contributed by atoms with Crippen molar-refractivity contribution in [3.63, 3.8) is 0 Å². The molecule has 0 saturated carbocycles. The summed E-state index contributed by atoms with van der Waals surface area (Å²) in [6, 6.07) is -0.0602. The second-order valence-corrected chi connectivity index (χ2v) is 3.02. The Hall–Kier alpha value is -0.940. The third-order valence-corrected chi connectivity index (χ3v) is 2.22. The van der Waals surface area contributed by atoms with Gasteiger partial charge >= 0.3 is 0 Å². The molecule has 1 aliphatic heterocycles. The van der Waals surface area contributed by atoms with Crippen LogP contribution < -0.4 is 5.73 Å². The zero-order valence-electron chi connectivity index (χ0n) is 6.73. The van der Waals surface area contributed by atoms with E-state index in [2.05, 4.69) is 15.2 Å². The van der Waals surface area contributed by atoms with Gasteiger partial charge in [-0.1, -0.05) is 0 Å². The fourth-order valence-electron chi connectivity index (χ4n) is 1.43. The first kappa shape index (κ1) is 7.70. The van der Waals surface area contributed by atoms with Crippen molar-refractivity contribution in [2.24, 2.45) is 11.7 Å². The molecule has 0 aromatic carbocycles. The molecule has 0 bridgehead atoms. The molecule has 3 N–H and O–H groups in total. The van der Waals surface area contributed by atoms with Crippen LogP contribution in [0.2, 0.25) is 0 Å². The van der Waals surface area contributed by atoms with Crippen LogP contribution in [0, 0.1) is 5.92 Å². The average molecular weight is 168 g/mol. The number of hydrogen-bond donors (Lipinski definition) is 2. The van der Waals surface area contributed by atoms with Gasteiger partial charge in [-0.2, -0.15) is 5.10 Å². The Bertz CT molecular complexity index is 230. The lowest BCUT2D eigenvalue weighted by Gasteiger charge is -2.13. The van der Waals surface area contributed by atoms with E-state index < -0.39 is 0 Å². The lowest BCUT2D eigenvalue weighted by Crippen LogP contribution is -2.22. The Morgan fingerprint density at radius 2 is 2.67 bits per heavy atom. The van der Waals surface area contributed by atoms with Gasteiger partial charge < -0.3 is 10.5 Å². The Morgan fingerprint density at radius 1 is 1.75 bits per heavy atom. The van der Waals surface area contributed by atoms with Gasteiger partial charge in [-0.3, -0.25) is 5.10 Å². The van der Waals surface area contributed by atoms with Gasteiger partial charge in [0.1, 0.15) is 12.2 Å². The number of aromatic amines is 1. The molecule has 2 rings (SSSR count). The summed E-state index contributed by atoms with van der Waals surface area (Å²) >= 11 is 0. The number of H-pyrrole nitrogens is 1. The van der Waals surface area contributed by atoms with Crippen LogP contribution in [0.5, 0.6) is 0 Å². The summed E-state index contributed by atoms with van der Waals surface area (Å²) in [6.07, 6.45) is 2.49. The van der Waals surface area contributed by atoms with Gasteiger partial charge in [-0.15, -0.1) is 0 Å². The second kappa shape index (κ2) is 3.20. The number of rotatable bonds is 2. The van der Waals surface area contributed by atoms with Crippen molar-refractivity contribution >= 4 is 0 Å². The van der Waals surface area contributed by atoms with Crippen molar-refractivity contribution in [2.45, 2.75) is 12.5 Å². The van der Waals surface area contributed by atoms with E-state index >= 15 is 0 Å². The first-order valence-electron chi connectivity index (χ1n) is 4.06. The minimum atomic E-state index is -0.0602. The van der Waals surface area contributed by atoms with Gasteiger partial charge in [-0.05, 0) is 6.42 Å². The number of aromatic nitrogens is 3. The predicted molar refractivity (Wildman–Crippen MR) is 42.2 cm³/mol. The third-order valence-electron chi connectivity index (χ3n) is 2.22. The van der Waals surface area contributed by atoms with Crippen molar-refractivity contribution in [1.82, 2.24) is 15.2 Å². The zero-order chi connectivity index (χ0) is 8.39. The van der Waals surface area contributed by atoms with Crippen LogP contribution in [0.15, 0.2) is 6.33 Å². The summed E-state index contributed by atoms with van der Waals surface area (Å²) in [5.41, 5.74) is 5.93. The molecule has 0 spiro atoms. The van der Waals surface area contributed by atoms with Gasteiger partial charge in [0.2, 0.25) is 0 Å². The van der Waals surface area contributed by atoms with Crippen LogP contribution >= 0.6 is 0 Å². The van der Waals surface area contributed by atoms with Gasteiger partial charge in [0.25, 0.3) is 0 Å². The lowest BCUT2D eigenvalue weighted by atomic mass is 10.00. The zero-order valence-corrected chi connectivity index (χ0v) is 6.73. The first-order valence-corrected chi connectivity index (χ1v) is 4.06. The maximum Gasteiger partial charge on any atom is 0.141 e. The SMILES string of the molecule is NC(c1ncn[nH]1)C1CCOC1. The third kappa shape index (κ3) is 1.33. The summed E-state index contributed by atoms with van der Waals surface area (Å²) in [5.74, 6) is 1.14. The second-order valence-electron chi connectivity index (χ2n) is 3.02. The van der Waals surface area contributed by atoms with Crippen LogP contribution in [0.4, 0.5) is 0 Å². The van der Waals surface area contributed by atoms with Gasteiger partial charge in [0.15, 0.2) is 0 Å². The van der Waals surface area contributed by atoms with Crippen molar-refractivity contribution in [2.75, 3.05) is 13.2 Å². The van der Waals surface area contributed by atoms with Crippen molar-refractivity contribution in [1.29, 1.82) is 0 Å². The molecule has 2 atom stereocenters. The molecule has 5 nitrogen and oxygen atoms in total. The van der Waals surface area contributed by atoms with Crippen LogP contribution in [0.3, 0.4) is 0 Å². The quantitative estimate of drug-likeness (QED) is 0.643. The minimum absolute atomic E-state index is 0.0602.